The molecule has 0 aliphatic heterocycles. The molecule has 1 aromatic rings. The Morgan fingerprint density at radius 1 is 1.14 bits per heavy atom. The van der Waals surface area contributed by atoms with E-state index in [1.54, 1.807) is 29.2 Å². The molecule has 0 bridgehead atoms. The SMILES string of the molecule is CCCCN(C)C(=O)c1ccc(C(=O)NC2CCCC2)cc1. The summed E-state index contributed by atoms with van der Waals surface area (Å²) in [7, 11) is 1.82. The third kappa shape index (κ3) is 4.33. The molecule has 1 fully saturated rings. The minimum absolute atomic E-state index is 0.0104. The first-order valence-corrected chi connectivity index (χ1v) is 8.28. The van der Waals surface area contributed by atoms with Gasteiger partial charge in [-0.3, -0.25) is 9.59 Å². The minimum Gasteiger partial charge on any atom is -0.349 e. The highest BCUT2D eigenvalue weighted by molar-refractivity contribution is 5.97. The molecule has 0 unspecified atom stereocenters. The summed E-state index contributed by atoms with van der Waals surface area (Å²) in [6.07, 6.45) is 6.61. The van der Waals surface area contributed by atoms with Crippen LogP contribution < -0.4 is 5.32 Å². The molecule has 120 valence electrons. The standard InChI is InChI=1S/C18H26N2O2/c1-3-4-13-20(2)18(22)15-11-9-14(10-12-15)17(21)19-16-7-5-6-8-16/h9-12,16H,3-8,13H2,1-2H3,(H,19,21). The Balaban J connectivity index is 1.94. The van der Waals surface area contributed by atoms with Crippen LogP contribution in [0, 0.1) is 0 Å². The van der Waals surface area contributed by atoms with E-state index in [9.17, 15) is 9.59 Å². The van der Waals surface area contributed by atoms with Crippen LogP contribution in [0.15, 0.2) is 24.3 Å². The van der Waals surface area contributed by atoms with Gasteiger partial charge in [-0.1, -0.05) is 26.2 Å². The smallest absolute Gasteiger partial charge is 0.253 e. The highest BCUT2D eigenvalue weighted by atomic mass is 16.2. The lowest BCUT2D eigenvalue weighted by Crippen LogP contribution is -2.32. The summed E-state index contributed by atoms with van der Waals surface area (Å²) in [5.74, 6) is -0.0264. The number of amides is 2. The van der Waals surface area contributed by atoms with Gasteiger partial charge in [-0.15, -0.1) is 0 Å². The molecular formula is C18H26N2O2. The van der Waals surface area contributed by atoms with Crippen LogP contribution in [0.25, 0.3) is 0 Å². The Hall–Kier alpha value is -1.84. The van der Waals surface area contributed by atoms with Crippen molar-refractivity contribution in [2.45, 2.75) is 51.5 Å². The number of unbranched alkanes of at least 4 members (excludes halogenated alkanes) is 1. The van der Waals surface area contributed by atoms with Crippen molar-refractivity contribution in [2.24, 2.45) is 0 Å². The second-order valence-corrected chi connectivity index (χ2v) is 6.11. The molecule has 2 rings (SSSR count). The van der Waals surface area contributed by atoms with E-state index in [0.717, 1.165) is 32.2 Å². The fourth-order valence-electron chi connectivity index (χ4n) is 2.82. The van der Waals surface area contributed by atoms with Gasteiger partial charge in [0.05, 0.1) is 0 Å². The molecule has 0 spiro atoms. The first-order chi connectivity index (χ1) is 10.6. The van der Waals surface area contributed by atoms with Gasteiger partial charge in [-0.2, -0.15) is 0 Å². The van der Waals surface area contributed by atoms with Crippen molar-refractivity contribution in [1.82, 2.24) is 10.2 Å². The van der Waals surface area contributed by atoms with Gasteiger partial charge in [0.1, 0.15) is 0 Å². The largest absolute Gasteiger partial charge is 0.349 e. The third-order valence-corrected chi connectivity index (χ3v) is 4.28. The molecular weight excluding hydrogens is 276 g/mol. The molecule has 0 aromatic heterocycles. The Morgan fingerprint density at radius 3 is 2.32 bits per heavy atom. The van der Waals surface area contributed by atoms with E-state index in [0.29, 0.717) is 17.2 Å². The summed E-state index contributed by atoms with van der Waals surface area (Å²) >= 11 is 0. The Labute approximate surface area is 132 Å². The molecule has 22 heavy (non-hydrogen) atoms. The number of hydrogen-bond acceptors (Lipinski definition) is 2. The van der Waals surface area contributed by atoms with Crippen LogP contribution in [-0.2, 0) is 0 Å². The molecule has 4 heteroatoms. The van der Waals surface area contributed by atoms with Crippen LogP contribution in [0.1, 0.15) is 66.2 Å². The molecule has 1 aliphatic carbocycles. The van der Waals surface area contributed by atoms with E-state index >= 15 is 0 Å². The van der Waals surface area contributed by atoms with Crippen molar-refractivity contribution in [3.63, 3.8) is 0 Å². The predicted octanol–water partition coefficient (Wildman–Crippen LogP) is 3.23. The number of benzene rings is 1. The first kappa shape index (κ1) is 16.5. The number of carbonyl (C=O) groups excluding carboxylic acids is 2. The molecule has 1 aromatic carbocycles. The van der Waals surface area contributed by atoms with E-state index < -0.39 is 0 Å². The van der Waals surface area contributed by atoms with Crippen molar-refractivity contribution in [2.75, 3.05) is 13.6 Å². The zero-order valence-corrected chi connectivity index (χ0v) is 13.6. The van der Waals surface area contributed by atoms with Gasteiger partial charge in [0.2, 0.25) is 0 Å². The maximum atomic E-state index is 12.2. The quantitative estimate of drug-likeness (QED) is 0.877. The van der Waals surface area contributed by atoms with E-state index in [1.165, 1.54) is 12.8 Å². The topological polar surface area (TPSA) is 49.4 Å². The highest BCUT2D eigenvalue weighted by Gasteiger charge is 2.18. The Bertz CT molecular complexity index is 504. The summed E-state index contributed by atoms with van der Waals surface area (Å²) in [4.78, 5) is 26.1. The number of nitrogens with zero attached hydrogens (tertiary/aromatic N) is 1. The summed E-state index contributed by atoms with van der Waals surface area (Å²) < 4.78 is 0. The normalized spacial score (nSPS) is 14.8. The molecule has 0 radical (unpaired) electrons. The van der Waals surface area contributed by atoms with Gasteiger partial charge in [0.25, 0.3) is 11.8 Å². The van der Waals surface area contributed by atoms with Crippen molar-refractivity contribution in [3.8, 4) is 0 Å². The van der Waals surface area contributed by atoms with Gasteiger partial charge in [0.15, 0.2) is 0 Å². The van der Waals surface area contributed by atoms with Crippen molar-refractivity contribution in [3.05, 3.63) is 35.4 Å². The van der Waals surface area contributed by atoms with Gasteiger partial charge in [-0.25, -0.2) is 0 Å². The molecule has 0 atom stereocenters. The average Bonchev–Trinajstić information content (AvgIpc) is 3.05. The molecule has 0 saturated heterocycles. The summed E-state index contributed by atoms with van der Waals surface area (Å²) in [5.41, 5.74) is 1.26. The van der Waals surface area contributed by atoms with Crippen LogP contribution in [0.4, 0.5) is 0 Å². The molecule has 2 amide bonds. The van der Waals surface area contributed by atoms with E-state index in [-0.39, 0.29) is 11.8 Å². The minimum atomic E-state index is -0.0368. The first-order valence-electron chi connectivity index (χ1n) is 8.28. The van der Waals surface area contributed by atoms with E-state index in [2.05, 4.69) is 12.2 Å². The summed E-state index contributed by atoms with van der Waals surface area (Å²) in [6, 6.07) is 7.29. The summed E-state index contributed by atoms with van der Waals surface area (Å²) in [6.45, 7) is 2.87. The van der Waals surface area contributed by atoms with Crippen molar-refractivity contribution < 1.29 is 9.59 Å². The van der Waals surface area contributed by atoms with E-state index in [4.69, 9.17) is 0 Å². The van der Waals surface area contributed by atoms with Crippen LogP contribution in [-0.4, -0.2) is 36.3 Å². The van der Waals surface area contributed by atoms with Crippen LogP contribution >= 0.6 is 0 Å². The molecule has 1 N–H and O–H groups in total. The summed E-state index contributed by atoms with van der Waals surface area (Å²) in [5, 5.41) is 3.06. The van der Waals surface area contributed by atoms with Gasteiger partial charge < -0.3 is 10.2 Å². The van der Waals surface area contributed by atoms with Crippen molar-refractivity contribution in [1.29, 1.82) is 0 Å². The van der Waals surface area contributed by atoms with Crippen LogP contribution in [0.5, 0.6) is 0 Å². The van der Waals surface area contributed by atoms with Crippen molar-refractivity contribution >= 4 is 11.8 Å². The molecule has 0 heterocycles. The number of carbonyl (C=O) groups is 2. The van der Waals surface area contributed by atoms with Gasteiger partial charge >= 0.3 is 0 Å². The Morgan fingerprint density at radius 2 is 1.73 bits per heavy atom. The van der Waals surface area contributed by atoms with Crippen LogP contribution in [0.3, 0.4) is 0 Å². The number of rotatable bonds is 6. The predicted molar refractivity (Wildman–Crippen MR) is 88.0 cm³/mol. The molecule has 1 saturated carbocycles. The lowest BCUT2D eigenvalue weighted by Gasteiger charge is -2.17. The lowest BCUT2D eigenvalue weighted by atomic mass is 10.1. The average molecular weight is 302 g/mol. The number of hydrogen-bond donors (Lipinski definition) is 1. The van der Waals surface area contributed by atoms with E-state index in [1.807, 2.05) is 7.05 Å². The monoisotopic (exact) mass is 302 g/mol. The maximum Gasteiger partial charge on any atom is 0.253 e. The molecule has 1 aliphatic rings. The Kier molecular flexibility index (Phi) is 5.99. The third-order valence-electron chi connectivity index (χ3n) is 4.28. The zero-order chi connectivity index (χ0) is 15.9. The second kappa shape index (κ2) is 7.97. The highest BCUT2D eigenvalue weighted by Crippen LogP contribution is 2.18. The van der Waals surface area contributed by atoms with Gasteiger partial charge in [-0.05, 0) is 43.5 Å². The lowest BCUT2D eigenvalue weighted by molar-refractivity contribution is 0.0792. The maximum absolute atomic E-state index is 12.2. The van der Waals surface area contributed by atoms with Crippen LogP contribution in [0.2, 0.25) is 0 Å². The second-order valence-electron chi connectivity index (χ2n) is 6.11. The van der Waals surface area contributed by atoms with Gasteiger partial charge in [0, 0.05) is 30.8 Å². The fourth-order valence-corrected chi connectivity index (χ4v) is 2.82. The molecule has 4 nitrogen and oxygen atoms in total. The number of nitrogens with one attached hydrogen (secondary N) is 1. The zero-order valence-electron chi connectivity index (χ0n) is 13.6. The fraction of sp³-hybridized carbons (Fsp3) is 0.556.